The highest BCUT2D eigenvalue weighted by Gasteiger charge is 2.26. The summed E-state index contributed by atoms with van der Waals surface area (Å²) in [6.07, 6.45) is 0.593. The van der Waals surface area contributed by atoms with Crippen molar-refractivity contribution in [3.05, 3.63) is 35.9 Å². The van der Waals surface area contributed by atoms with Crippen LogP contribution in [0, 0.1) is 5.41 Å². The van der Waals surface area contributed by atoms with Crippen LogP contribution in [0.5, 0.6) is 0 Å². The van der Waals surface area contributed by atoms with Crippen molar-refractivity contribution in [2.75, 3.05) is 6.61 Å². The molecule has 0 aromatic heterocycles. The maximum Gasteiger partial charge on any atom is 0.303 e. The Morgan fingerprint density at radius 1 is 1.19 bits per heavy atom. The first kappa shape index (κ1) is 17.2. The highest BCUT2D eigenvalue weighted by molar-refractivity contribution is 5.78. The molecule has 0 aliphatic carbocycles. The van der Waals surface area contributed by atoms with Crippen molar-refractivity contribution in [1.29, 1.82) is 0 Å². The van der Waals surface area contributed by atoms with E-state index in [1.807, 2.05) is 30.3 Å². The van der Waals surface area contributed by atoms with Crippen LogP contribution in [-0.4, -0.2) is 34.7 Å². The minimum atomic E-state index is -0.921. The Kier molecular flexibility index (Phi) is 6.37. The Balaban J connectivity index is 2.53. The fraction of sp³-hybridized carbons (Fsp3) is 0.500. The van der Waals surface area contributed by atoms with E-state index in [4.69, 9.17) is 5.11 Å². The first-order chi connectivity index (χ1) is 9.82. The van der Waals surface area contributed by atoms with Crippen LogP contribution in [0.1, 0.15) is 32.3 Å². The van der Waals surface area contributed by atoms with Crippen LogP contribution in [0.15, 0.2) is 30.3 Å². The lowest BCUT2D eigenvalue weighted by molar-refractivity contribution is -0.139. The number of carboxylic acids is 1. The molecule has 1 aromatic rings. The minimum absolute atomic E-state index is 0.0666. The summed E-state index contributed by atoms with van der Waals surface area (Å²) < 4.78 is 0. The summed E-state index contributed by atoms with van der Waals surface area (Å²) in [5, 5.41) is 20.9. The summed E-state index contributed by atoms with van der Waals surface area (Å²) in [4.78, 5) is 22.7. The van der Waals surface area contributed by atoms with E-state index in [1.165, 1.54) is 0 Å². The molecule has 1 atom stereocenters. The van der Waals surface area contributed by atoms with E-state index in [-0.39, 0.29) is 31.4 Å². The molecule has 0 bridgehead atoms. The van der Waals surface area contributed by atoms with Crippen molar-refractivity contribution in [1.82, 2.24) is 5.32 Å². The quantitative estimate of drug-likeness (QED) is 0.679. The molecule has 3 N–H and O–H groups in total. The maximum absolute atomic E-state index is 12.0. The Labute approximate surface area is 125 Å². The van der Waals surface area contributed by atoms with E-state index in [1.54, 1.807) is 13.8 Å². The van der Waals surface area contributed by atoms with Gasteiger partial charge in [0.2, 0.25) is 5.91 Å². The van der Waals surface area contributed by atoms with E-state index in [0.29, 0.717) is 6.42 Å². The molecule has 0 spiro atoms. The lowest BCUT2D eigenvalue weighted by atomic mass is 9.85. The summed E-state index contributed by atoms with van der Waals surface area (Å²) in [6, 6.07) is 9.22. The van der Waals surface area contributed by atoms with Gasteiger partial charge in [0.1, 0.15) is 0 Å². The summed E-state index contributed by atoms with van der Waals surface area (Å²) in [6.45, 7) is 3.33. The molecule has 1 aromatic carbocycles. The van der Waals surface area contributed by atoms with Gasteiger partial charge in [-0.15, -0.1) is 0 Å². The summed E-state index contributed by atoms with van der Waals surface area (Å²) in [7, 11) is 0. The van der Waals surface area contributed by atoms with E-state index < -0.39 is 11.4 Å². The van der Waals surface area contributed by atoms with Gasteiger partial charge in [0, 0.05) is 6.42 Å². The molecule has 1 rings (SSSR count). The smallest absolute Gasteiger partial charge is 0.303 e. The molecule has 5 nitrogen and oxygen atoms in total. The topological polar surface area (TPSA) is 86.6 Å². The standard InChI is InChI=1S/C16H23NO4/c1-16(2,10-15(20)21)9-14(19)17-13(11-18)8-12-6-4-3-5-7-12/h3-7,13,18H,8-11H2,1-2H3,(H,17,19)(H,20,21)/t13-/m1/s1. The zero-order valence-electron chi connectivity index (χ0n) is 12.5. The molecule has 0 radical (unpaired) electrons. The average Bonchev–Trinajstić information content (AvgIpc) is 2.36. The molecule has 0 aliphatic heterocycles. The van der Waals surface area contributed by atoms with Gasteiger partial charge >= 0.3 is 5.97 Å². The monoisotopic (exact) mass is 293 g/mol. The first-order valence-electron chi connectivity index (χ1n) is 6.98. The lowest BCUT2D eigenvalue weighted by Gasteiger charge is -2.23. The number of aliphatic hydroxyl groups excluding tert-OH is 1. The van der Waals surface area contributed by atoms with E-state index in [9.17, 15) is 14.7 Å². The highest BCUT2D eigenvalue weighted by Crippen LogP contribution is 2.24. The third kappa shape index (κ3) is 6.90. The fourth-order valence-corrected chi connectivity index (χ4v) is 2.25. The number of rotatable bonds is 8. The number of carbonyl (C=O) groups is 2. The molecular weight excluding hydrogens is 270 g/mol. The van der Waals surface area contributed by atoms with Crippen molar-refractivity contribution in [3.63, 3.8) is 0 Å². The summed E-state index contributed by atoms with van der Waals surface area (Å²) in [5.74, 6) is -1.16. The summed E-state index contributed by atoms with van der Waals surface area (Å²) >= 11 is 0. The van der Waals surface area contributed by atoms with Gasteiger partial charge in [0.05, 0.1) is 19.1 Å². The number of amides is 1. The van der Waals surface area contributed by atoms with Crippen LogP contribution in [0.25, 0.3) is 0 Å². The van der Waals surface area contributed by atoms with Gasteiger partial charge in [0.25, 0.3) is 0 Å². The number of carboxylic acid groups (broad SMARTS) is 1. The normalized spacial score (nSPS) is 12.7. The zero-order valence-corrected chi connectivity index (χ0v) is 12.5. The van der Waals surface area contributed by atoms with Gasteiger partial charge in [-0.05, 0) is 17.4 Å². The number of benzene rings is 1. The van der Waals surface area contributed by atoms with E-state index >= 15 is 0 Å². The SMILES string of the molecule is CC(C)(CC(=O)O)CC(=O)N[C@@H](CO)Cc1ccccc1. The van der Waals surface area contributed by atoms with Crippen molar-refractivity contribution in [2.45, 2.75) is 39.2 Å². The predicted molar refractivity (Wildman–Crippen MR) is 79.8 cm³/mol. The van der Waals surface area contributed by atoms with Gasteiger partial charge in [0.15, 0.2) is 0 Å². The maximum atomic E-state index is 12.0. The minimum Gasteiger partial charge on any atom is -0.481 e. The van der Waals surface area contributed by atoms with Gasteiger partial charge in [-0.1, -0.05) is 44.2 Å². The lowest BCUT2D eigenvalue weighted by Crippen LogP contribution is -2.41. The molecule has 0 saturated carbocycles. The first-order valence-corrected chi connectivity index (χ1v) is 6.98. The summed E-state index contributed by atoms with van der Waals surface area (Å²) in [5.41, 5.74) is 0.421. The van der Waals surface area contributed by atoms with Crippen LogP contribution in [0.2, 0.25) is 0 Å². The van der Waals surface area contributed by atoms with Crippen LogP contribution >= 0.6 is 0 Å². The van der Waals surface area contributed by atoms with Crippen molar-refractivity contribution < 1.29 is 19.8 Å². The number of hydrogen-bond acceptors (Lipinski definition) is 3. The highest BCUT2D eigenvalue weighted by atomic mass is 16.4. The van der Waals surface area contributed by atoms with Crippen molar-refractivity contribution >= 4 is 11.9 Å². The Bertz CT molecular complexity index is 470. The molecule has 1 amide bonds. The fourth-order valence-electron chi connectivity index (χ4n) is 2.25. The molecule has 0 fully saturated rings. The van der Waals surface area contributed by atoms with Crippen LogP contribution in [0.4, 0.5) is 0 Å². The number of carbonyl (C=O) groups excluding carboxylic acids is 1. The molecule has 0 unspecified atom stereocenters. The molecule has 0 heterocycles. The molecule has 21 heavy (non-hydrogen) atoms. The molecule has 0 aliphatic rings. The largest absolute Gasteiger partial charge is 0.481 e. The molecule has 5 heteroatoms. The average molecular weight is 293 g/mol. The van der Waals surface area contributed by atoms with Crippen LogP contribution < -0.4 is 5.32 Å². The van der Waals surface area contributed by atoms with Crippen LogP contribution in [-0.2, 0) is 16.0 Å². The second kappa shape index (κ2) is 7.78. The third-order valence-electron chi connectivity index (χ3n) is 3.18. The molecule has 0 saturated heterocycles. The van der Waals surface area contributed by atoms with Gasteiger partial charge in [-0.2, -0.15) is 0 Å². The second-order valence-corrected chi connectivity index (χ2v) is 6.05. The number of aliphatic carboxylic acids is 1. The van der Waals surface area contributed by atoms with Crippen molar-refractivity contribution in [3.8, 4) is 0 Å². The molecule has 116 valence electrons. The Morgan fingerprint density at radius 3 is 2.33 bits per heavy atom. The molecular formula is C16H23NO4. The number of aliphatic hydroxyl groups is 1. The zero-order chi connectivity index (χ0) is 15.9. The number of nitrogens with one attached hydrogen (secondary N) is 1. The number of hydrogen-bond donors (Lipinski definition) is 3. The van der Waals surface area contributed by atoms with Gasteiger partial charge in [-0.3, -0.25) is 9.59 Å². The Morgan fingerprint density at radius 2 is 1.81 bits per heavy atom. The Hall–Kier alpha value is -1.88. The van der Waals surface area contributed by atoms with Gasteiger partial charge < -0.3 is 15.5 Å². The van der Waals surface area contributed by atoms with Gasteiger partial charge in [-0.25, -0.2) is 0 Å². The second-order valence-electron chi connectivity index (χ2n) is 6.05. The predicted octanol–water partition coefficient (Wildman–Crippen LogP) is 1.60. The third-order valence-corrected chi connectivity index (χ3v) is 3.18. The van der Waals surface area contributed by atoms with Crippen molar-refractivity contribution in [2.24, 2.45) is 5.41 Å². The van der Waals surface area contributed by atoms with Crippen LogP contribution in [0.3, 0.4) is 0 Å². The van der Waals surface area contributed by atoms with E-state index in [0.717, 1.165) is 5.56 Å². The van der Waals surface area contributed by atoms with E-state index in [2.05, 4.69) is 5.32 Å².